The lowest BCUT2D eigenvalue weighted by molar-refractivity contribution is -0.144. The van der Waals surface area contributed by atoms with Gasteiger partial charge in [0, 0.05) is 6.07 Å². The molecular weight excluding hydrogens is 270 g/mol. The molecule has 0 saturated carbocycles. The standard InChI is InChI=1S/C16H13NO4/c18-16(9-12-5-2-1-3-6-12)20-11-13-10-15(21-17-13)14-7-4-8-19-14/h1-8,10H,9,11H2. The van der Waals surface area contributed by atoms with Crippen molar-refractivity contribution < 1.29 is 18.5 Å². The van der Waals surface area contributed by atoms with Crippen LogP contribution in [0.15, 0.2) is 63.7 Å². The Morgan fingerprint density at radius 1 is 1.10 bits per heavy atom. The van der Waals surface area contributed by atoms with Gasteiger partial charge in [-0.1, -0.05) is 35.5 Å². The Kier molecular flexibility index (Phi) is 3.82. The second-order valence-corrected chi connectivity index (χ2v) is 4.48. The zero-order valence-electron chi connectivity index (χ0n) is 11.2. The van der Waals surface area contributed by atoms with Crippen molar-refractivity contribution in [3.05, 3.63) is 66.1 Å². The SMILES string of the molecule is O=C(Cc1ccccc1)OCc1cc(-c2ccco2)on1. The number of nitrogens with zero attached hydrogens (tertiary/aromatic N) is 1. The van der Waals surface area contributed by atoms with Gasteiger partial charge in [0.2, 0.25) is 5.76 Å². The van der Waals surface area contributed by atoms with E-state index >= 15 is 0 Å². The molecular formula is C16H13NO4. The number of carbonyl (C=O) groups is 1. The van der Waals surface area contributed by atoms with E-state index in [-0.39, 0.29) is 19.0 Å². The van der Waals surface area contributed by atoms with Gasteiger partial charge in [-0.05, 0) is 17.7 Å². The van der Waals surface area contributed by atoms with E-state index in [9.17, 15) is 4.79 Å². The molecule has 2 heterocycles. The summed E-state index contributed by atoms with van der Waals surface area (Å²) in [6.45, 7) is 0.0792. The Labute approximate surface area is 121 Å². The summed E-state index contributed by atoms with van der Waals surface area (Å²) >= 11 is 0. The van der Waals surface area contributed by atoms with Crippen LogP contribution in [0.1, 0.15) is 11.3 Å². The number of ether oxygens (including phenoxy) is 1. The average Bonchev–Trinajstić information content (AvgIpc) is 3.17. The molecule has 3 rings (SSSR count). The number of aromatic nitrogens is 1. The maximum Gasteiger partial charge on any atom is 0.310 e. The van der Waals surface area contributed by atoms with E-state index < -0.39 is 0 Å². The highest BCUT2D eigenvalue weighted by Gasteiger charge is 2.11. The number of rotatable bonds is 5. The number of hydrogen-bond acceptors (Lipinski definition) is 5. The number of carbonyl (C=O) groups excluding carboxylic acids is 1. The molecule has 21 heavy (non-hydrogen) atoms. The first-order valence-electron chi connectivity index (χ1n) is 6.50. The second kappa shape index (κ2) is 6.09. The highest BCUT2D eigenvalue weighted by atomic mass is 16.5. The fourth-order valence-corrected chi connectivity index (χ4v) is 1.88. The summed E-state index contributed by atoms with van der Waals surface area (Å²) in [5.41, 5.74) is 1.46. The van der Waals surface area contributed by atoms with Crippen molar-refractivity contribution in [2.24, 2.45) is 0 Å². The van der Waals surface area contributed by atoms with E-state index in [1.54, 1.807) is 24.5 Å². The molecule has 0 unspecified atom stereocenters. The molecule has 0 aliphatic rings. The summed E-state index contributed by atoms with van der Waals surface area (Å²) < 4.78 is 15.5. The molecule has 0 N–H and O–H groups in total. The van der Waals surface area contributed by atoms with Gasteiger partial charge in [0.15, 0.2) is 5.76 Å². The average molecular weight is 283 g/mol. The van der Waals surface area contributed by atoms with Gasteiger partial charge in [0.1, 0.15) is 12.3 Å². The molecule has 106 valence electrons. The van der Waals surface area contributed by atoms with Crippen molar-refractivity contribution in [2.45, 2.75) is 13.0 Å². The first-order valence-corrected chi connectivity index (χ1v) is 6.50. The van der Waals surface area contributed by atoms with Crippen molar-refractivity contribution in [3.63, 3.8) is 0 Å². The van der Waals surface area contributed by atoms with Crippen molar-refractivity contribution in [1.29, 1.82) is 0 Å². The lowest BCUT2D eigenvalue weighted by Gasteiger charge is -2.02. The Morgan fingerprint density at radius 3 is 2.71 bits per heavy atom. The fourth-order valence-electron chi connectivity index (χ4n) is 1.88. The normalized spacial score (nSPS) is 10.5. The maximum absolute atomic E-state index is 11.7. The molecule has 2 aromatic heterocycles. The summed E-state index contributed by atoms with van der Waals surface area (Å²) in [5.74, 6) is 0.794. The minimum atomic E-state index is -0.302. The molecule has 5 heteroatoms. The van der Waals surface area contributed by atoms with Gasteiger partial charge in [-0.2, -0.15) is 0 Å². The molecule has 5 nitrogen and oxygen atoms in total. The van der Waals surface area contributed by atoms with E-state index in [0.29, 0.717) is 17.2 Å². The van der Waals surface area contributed by atoms with Crippen LogP contribution in [0.2, 0.25) is 0 Å². The monoisotopic (exact) mass is 283 g/mol. The Bertz CT molecular complexity index is 701. The minimum absolute atomic E-state index is 0.0792. The molecule has 0 bridgehead atoms. The van der Waals surface area contributed by atoms with Gasteiger partial charge in [-0.25, -0.2) is 0 Å². The van der Waals surface area contributed by atoms with E-state index in [1.165, 1.54) is 0 Å². The summed E-state index contributed by atoms with van der Waals surface area (Å²) in [4.78, 5) is 11.7. The largest absolute Gasteiger partial charge is 0.461 e. The quantitative estimate of drug-likeness (QED) is 0.673. The maximum atomic E-state index is 11.7. The highest BCUT2D eigenvalue weighted by molar-refractivity contribution is 5.72. The molecule has 0 aliphatic carbocycles. The fraction of sp³-hybridized carbons (Fsp3) is 0.125. The summed E-state index contributed by atoms with van der Waals surface area (Å²) in [5, 5.41) is 3.84. The van der Waals surface area contributed by atoms with Crippen LogP contribution in [0.25, 0.3) is 11.5 Å². The Balaban J connectivity index is 1.54. The van der Waals surface area contributed by atoms with Gasteiger partial charge >= 0.3 is 5.97 Å². The van der Waals surface area contributed by atoms with E-state index in [0.717, 1.165) is 5.56 Å². The Hall–Kier alpha value is -2.82. The van der Waals surface area contributed by atoms with E-state index in [4.69, 9.17) is 13.7 Å². The summed E-state index contributed by atoms with van der Waals surface area (Å²) in [6, 6.07) is 14.7. The van der Waals surface area contributed by atoms with Crippen LogP contribution in [0, 0.1) is 0 Å². The molecule has 0 aliphatic heterocycles. The van der Waals surface area contributed by atoms with Gasteiger partial charge in [-0.3, -0.25) is 4.79 Å². The predicted octanol–water partition coefficient (Wildman–Crippen LogP) is 3.22. The molecule has 1 aromatic carbocycles. The highest BCUT2D eigenvalue weighted by Crippen LogP contribution is 2.20. The zero-order valence-corrected chi connectivity index (χ0v) is 11.2. The smallest absolute Gasteiger partial charge is 0.310 e. The van der Waals surface area contributed by atoms with Gasteiger partial charge in [0.05, 0.1) is 12.7 Å². The van der Waals surface area contributed by atoms with Crippen LogP contribution in [0.4, 0.5) is 0 Å². The third-order valence-electron chi connectivity index (χ3n) is 2.90. The van der Waals surface area contributed by atoms with Gasteiger partial charge in [-0.15, -0.1) is 0 Å². The van der Waals surface area contributed by atoms with Crippen LogP contribution in [-0.4, -0.2) is 11.1 Å². The van der Waals surface area contributed by atoms with Crippen molar-refractivity contribution in [3.8, 4) is 11.5 Å². The molecule has 0 atom stereocenters. The lowest BCUT2D eigenvalue weighted by atomic mass is 10.2. The lowest BCUT2D eigenvalue weighted by Crippen LogP contribution is -2.07. The Morgan fingerprint density at radius 2 is 1.95 bits per heavy atom. The van der Waals surface area contributed by atoms with Crippen molar-refractivity contribution in [2.75, 3.05) is 0 Å². The summed E-state index contributed by atoms with van der Waals surface area (Å²) in [7, 11) is 0. The molecule has 0 spiro atoms. The van der Waals surface area contributed by atoms with Crippen LogP contribution < -0.4 is 0 Å². The van der Waals surface area contributed by atoms with Crippen molar-refractivity contribution >= 4 is 5.97 Å². The van der Waals surface area contributed by atoms with E-state index in [2.05, 4.69) is 5.16 Å². The van der Waals surface area contributed by atoms with Crippen LogP contribution >= 0.6 is 0 Å². The predicted molar refractivity (Wildman–Crippen MR) is 74.1 cm³/mol. The summed E-state index contributed by atoms with van der Waals surface area (Å²) in [6.07, 6.45) is 1.79. The number of esters is 1. The first-order chi connectivity index (χ1) is 10.3. The molecule has 0 saturated heterocycles. The molecule has 3 aromatic rings. The third kappa shape index (κ3) is 3.39. The molecule has 0 amide bonds. The van der Waals surface area contributed by atoms with Crippen molar-refractivity contribution in [1.82, 2.24) is 5.16 Å². The van der Waals surface area contributed by atoms with Crippen LogP contribution in [0.5, 0.6) is 0 Å². The van der Waals surface area contributed by atoms with Crippen LogP contribution in [-0.2, 0) is 22.6 Å². The number of benzene rings is 1. The minimum Gasteiger partial charge on any atom is -0.461 e. The van der Waals surface area contributed by atoms with Gasteiger partial charge < -0.3 is 13.7 Å². The topological polar surface area (TPSA) is 65.5 Å². The number of furan rings is 1. The molecule has 0 radical (unpaired) electrons. The molecule has 0 fully saturated rings. The zero-order chi connectivity index (χ0) is 14.5. The second-order valence-electron chi connectivity index (χ2n) is 4.48. The van der Waals surface area contributed by atoms with Crippen LogP contribution in [0.3, 0.4) is 0 Å². The van der Waals surface area contributed by atoms with E-state index in [1.807, 2.05) is 30.3 Å². The first kappa shape index (κ1) is 13.2. The third-order valence-corrected chi connectivity index (χ3v) is 2.90. The number of hydrogen-bond donors (Lipinski definition) is 0. The van der Waals surface area contributed by atoms with Gasteiger partial charge in [0.25, 0.3) is 0 Å².